The van der Waals surface area contributed by atoms with E-state index in [0.29, 0.717) is 42.7 Å². The first-order valence-corrected chi connectivity index (χ1v) is 32.6. The third kappa shape index (κ3) is 25.8. The number of benzene rings is 10. The summed E-state index contributed by atoms with van der Waals surface area (Å²) >= 11 is 49.9. The standard InChI is InChI=1S/C10H16N2.C8H12N2.C7H5Cl4N.C7H10N2.C6H6Cl2N2.3C6H4ClF3N2.C6H7FN2.C6H8N2/c1-5-6(2)10(12)8(4)7(3)9(5)11;1-5-3-8(10)6(2)4-7(5)9;1-2-3(8)5(10)6(11)7(12)4(2)9;1-5-4-6(8)2-3-7(5)9;7-4-1-3(9)2-5(8)6(4)10;7-1-5(11)3(9)2(8)4(10)6(1)12;7-1-2(8)6(12)4(10)3(9)5(1)11;7-1-2(8)5(11)4(10)6(12)3(1)9;7-5-3-4(8)1-2-6(5)9;7-5-1-2-6(8)4-3-5/h11-12H2,1-4H3;3-4H,9-10H2,1-2H3;12H2,1H3;2-4H,8-9H2,1H3;1-2H,9-10H2;3*11-12H2;1-3H,8-9H2;1-4H,7-8H2. The summed E-state index contributed by atoms with van der Waals surface area (Å²) in [6, 6.07) is 23.6. The van der Waals surface area contributed by atoms with Gasteiger partial charge in [0.15, 0.2) is 52.4 Å². The predicted molar refractivity (Wildman–Crippen MR) is 431 cm³/mol. The van der Waals surface area contributed by atoms with Crippen molar-refractivity contribution >= 4 is 212 Å². The first kappa shape index (κ1) is 94.3. The lowest BCUT2D eigenvalue weighted by molar-refractivity contribution is 0.452. The van der Waals surface area contributed by atoms with Gasteiger partial charge in [0, 0.05) is 56.9 Å². The number of aryl methyl sites for hydroxylation is 3. The maximum absolute atomic E-state index is 12.7. The molecule has 0 saturated heterocycles. The number of rotatable bonds is 0. The van der Waals surface area contributed by atoms with E-state index in [1.807, 2.05) is 72.7 Å². The Kier molecular flexibility index (Phi) is 37.2. The molecular formula is C68H76Cl9F10N19. The molecule has 0 saturated carbocycles. The molecule has 10 rings (SSSR count). The molecule has 10 aromatic rings. The minimum Gasteiger partial charge on any atom is -0.399 e. The number of anilines is 19. The zero-order valence-corrected chi connectivity index (χ0v) is 64.0. The largest absolute Gasteiger partial charge is 0.399 e. The number of halogens is 19. The molecule has 19 nitrogen and oxygen atoms in total. The summed E-state index contributed by atoms with van der Waals surface area (Å²) < 4.78 is 126. The summed E-state index contributed by atoms with van der Waals surface area (Å²) in [4.78, 5) is 0. The van der Waals surface area contributed by atoms with E-state index in [-0.39, 0.29) is 21.4 Å². The van der Waals surface area contributed by atoms with Crippen LogP contribution in [0, 0.1) is 114 Å². The maximum Gasteiger partial charge on any atom is 0.198 e. The highest BCUT2D eigenvalue weighted by atomic mass is 35.5. The van der Waals surface area contributed by atoms with E-state index >= 15 is 0 Å². The first-order chi connectivity index (χ1) is 48.7. The summed E-state index contributed by atoms with van der Waals surface area (Å²) in [6.45, 7) is 15.6. The van der Waals surface area contributed by atoms with E-state index in [0.717, 1.165) is 84.4 Å². The Morgan fingerprint density at radius 3 is 0.868 bits per heavy atom. The summed E-state index contributed by atoms with van der Waals surface area (Å²) in [5, 5.41) is -0.163. The van der Waals surface area contributed by atoms with Gasteiger partial charge in [0.25, 0.3) is 0 Å². The van der Waals surface area contributed by atoms with Crippen molar-refractivity contribution < 1.29 is 43.9 Å². The molecule has 0 unspecified atom stereocenters. The SMILES string of the molecule is Cc1c(C)c(N)c(C)c(C)c1N.Cc1c(Cl)c(N)c(Cl)c(Cl)c1Cl.Cc1cc(N)c(C)cc1N.Cc1cc(N)ccc1N.Nc1c(F)c(F)c(F)c(N)c1Cl.Nc1c(F)c(F)c(N)c(Cl)c1F.Nc1c(F)c(N)c(F)c(Cl)c1F.Nc1cc(Cl)c(N)c(Cl)c1.Nc1ccc(N)c(F)c1.Nc1ccc(N)cc1. The maximum atomic E-state index is 12.7. The number of nitrogens with two attached hydrogens (primary N) is 19. The number of hydrogen-bond donors (Lipinski definition) is 19. The molecule has 0 aliphatic rings. The Bertz CT molecular complexity index is 3720. The normalized spacial score (nSPS) is 9.99. The molecule has 106 heavy (non-hydrogen) atoms. The highest BCUT2D eigenvalue weighted by Crippen LogP contribution is 2.43. The molecule has 0 fully saturated rings. The second-order valence-electron chi connectivity index (χ2n) is 21.9. The molecule has 0 aliphatic carbocycles. The van der Waals surface area contributed by atoms with Crippen molar-refractivity contribution in [3.8, 4) is 0 Å². The first-order valence-electron chi connectivity index (χ1n) is 29.2. The predicted octanol–water partition coefficient (Wildman–Crippen LogP) is 18.7. The molecule has 38 N–H and O–H groups in total. The van der Waals surface area contributed by atoms with Crippen molar-refractivity contribution in [3.05, 3.63) is 233 Å². The lowest BCUT2D eigenvalue weighted by Crippen LogP contribution is -2.04. The smallest absolute Gasteiger partial charge is 0.198 e. The summed E-state index contributed by atoms with van der Waals surface area (Å²) in [6.07, 6.45) is 0. The fraction of sp³-hybridized carbons (Fsp3) is 0.118. The van der Waals surface area contributed by atoms with Crippen molar-refractivity contribution in [1.82, 2.24) is 0 Å². The molecule has 0 aliphatic heterocycles. The van der Waals surface area contributed by atoms with E-state index in [2.05, 4.69) is 0 Å². The van der Waals surface area contributed by atoms with Gasteiger partial charge in [-0.2, -0.15) is 0 Å². The van der Waals surface area contributed by atoms with Gasteiger partial charge in [-0.05, 0) is 185 Å². The van der Waals surface area contributed by atoms with Crippen LogP contribution in [0.5, 0.6) is 0 Å². The van der Waals surface area contributed by atoms with E-state index < -0.39 is 107 Å². The third-order valence-corrected chi connectivity index (χ3v) is 17.9. The van der Waals surface area contributed by atoms with Crippen molar-refractivity contribution in [2.45, 2.75) is 55.4 Å². The lowest BCUT2D eigenvalue weighted by Gasteiger charge is -2.14. The molecule has 0 heterocycles. The van der Waals surface area contributed by atoms with Crippen LogP contribution in [0.4, 0.5) is 152 Å². The van der Waals surface area contributed by atoms with Gasteiger partial charge in [-0.1, -0.05) is 104 Å². The van der Waals surface area contributed by atoms with Crippen molar-refractivity contribution in [2.24, 2.45) is 0 Å². The van der Waals surface area contributed by atoms with Gasteiger partial charge in [0.1, 0.15) is 32.9 Å². The van der Waals surface area contributed by atoms with Gasteiger partial charge in [-0.15, -0.1) is 0 Å². The monoisotopic (exact) mass is 1660 g/mol. The van der Waals surface area contributed by atoms with E-state index in [9.17, 15) is 43.9 Å². The van der Waals surface area contributed by atoms with E-state index in [1.54, 1.807) is 55.5 Å². The van der Waals surface area contributed by atoms with Gasteiger partial charge in [0.05, 0.1) is 69.3 Å². The Balaban J connectivity index is 0.000000590. The zero-order chi connectivity index (χ0) is 82.5. The topological polar surface area (TPSA) is 494 Å². The Morgan fingerprint density at radius 2 is 0.509 bits per heavy atom. The second kappa shape index (κ2) is 41.9. The van der Waals surface area contributed by atoms with Crippen molar-refractivity contribution in [3.63, 3.8) is 0 Å². The minimum absolute atomic E-state index is 0.129. The van der Waals surface area contributed by atoms with Crippen molar-refractivity contribution in [2.75, 3.05) is 109 Å². The highest BCUT2D eigenvalue weighted by Gasteiger charge is 2.23. The lowest BCUT2D eigenvalue weighted by atomic mass is 9.97. The van der Waals surface area contributed by atoms with Crippen LogP contribution in [0.2, 0.25) is 45.2 Å². The van der Waals surface area contributed by atoms with Crippen LogP contribution in [0.1, 0.15) is 44.5 Å². The quantitative estimate of drug-likeness (QED) is 0.0290. The Labute approximate surface area is 649 Å². The molecule has 576 valence electrons. The molecule has 0 spiro atoms. The van der Waals surface area contributed by atoms with Gasteiger partial charge in [0.2, 0.25) is 0 Å². The van der Waals surface area contributed by atoms with Crippen LogP contribution in [-0.4, -0.2) is 0 Å². The average molecular weight is 1670 g/mol. The summed E-state index contributed by atoms with van der Waals surface area (Å²) in [5.41, 5.74) is 112. The zero-order valence-electron chi connectivity index (χ0n) is 57.2. The highest BCUT2D eigenvalue weighted by molar-refractivity contribution is 6.51. The number of hydrogen-bond acceptors (Lipinski definition) is 19. The number of nitrogen functional groups attached to an aromatic ring is 19. The van der Waals surface area contributed by atoms with Gasteiger partial charge >= 0.3 is 0 Å². The van der Waals surface area contributed by atoms with Crippen molar-refractivity contribution in [1.29, 1.82) is 0 Å². The summed E-state index contributed by atoms with van der Waals surface area (Å²) in [5.74, 6) is -13.4. The summed E-state index contributed by atoms with van der Waals surface area (Å²) in [7, 11) is 0. The molecule has 0 atom stereocenters. The van der Waals surface area contributed by atoms with E-state index in [1.165, 1.54) is 12.1 Å². The molecular weight excluding hydrogens is 1590 g/mol. The molecule has 0 aromatic heterocycles. The third-order valence-electron chi connectivity index (χ3n) is 14.3. The molecule has 10 aromatic carbocycles. The van der Waals surface area contributed by atoms with Crippen LogP contribution in [0.15, 0.2) is 84.9 Å². The second-order valence-corrected chi connectivity index (χ2v) is 25.4. The fourth-order valence-electron chi connectivity index (χ4n) is 7.35. The van der Waals surface area contributed by atoms with Crippen LogP contribution in [-0.2, 0) is 0 Å². The van der Waals surface area contributed by atoms with Crippen LogP contribution in [0.3, 0.4) is 0 Å². The Hall–Kier alpha value is -9.69. The average Bonchev–Trinajstić information content (AvgIpc) is 0.828. The molecule has 0 amide bonds. The Morgan fingerprint density at radius 1 is 0.198 bits per heavy atom. The van der Waals surface area contributed by atoms with E-state index in [4.69, 9.17) is 213 Å². The molecule has 38 heteroatoms. The fourth-order valence-corrected chi connectivity index (χ4v) is 9.37. The van der Waals surface area contributed by atoms with Gasteiger partial charge < -0.3 is 109 Å². The van der Waals surface area contributed by atoms with Crippen LogP contribution in [0.25, 0.3) is 0 Å². The van der Waals surface area contributed by atoms with Crippen LogP contribution < -0.4 is 109 Å². The minimum atomic E-state index is -1.71. The van der Waals surface area contributed by atoms with Crippen LogP contribution >= 0.6 is 104 Å². The molecule has 0 radical (unpaired) electrons. The van der Waals surface area contributed by atoms with Gasteiger partial charge in [-0.25, -0.2) is 43.9 Å². The molecule has 0 bridgehead atoms. The van der Waals surface area contributed by atoms with Gasteiger partial charge in [-0.3, -0.25) is 0 Å².